The SMILES string of the molecule is CC[C@H](C)C(C(CC(=O)N1CCC[C@H]1C(OC)[C@@H](C)C(=O)NC(Cc1ccc(F)cc1)C(=O)O)OC)N(C)C(=O)[C@@H](NC(=O)[C@@H](NC)C(C)C)C(C)C. The number of likely N-dealkylation sites (tertiary alicyclic amines) is 1. The molecule has 1 aliphatic rings. The Labute approximate surface area is 315 Å². The van der Waals surface area contributed by atoms with Crippen LogP contribution >= 0.6 is 0 Å². The van der Waals surface area contributed by atoms with Crippen molar-refractivity contribution in [2.75, 3.05) is 34.9 Å². The minimum Gasteiger partial charge on any atom is -0.480 e. The summed E-state index contributed by atoms with van der Waals surface area (Å²) in [5.74, 6) is -4.05. The van der Waals surface area contributed by atoms with Gasteiger partial charge in [0.2, 0.25) is 23.6 Å². The smallest absolute Gasteiger partial charge is 0.326 e. The highest BCUT2D eigenvalue weighted by atomic mass is 19.1. The number of aliphatic carboxylic acids is 1. The van der Waals surface area contributed by atoms with Gasteiger partial charge in [0, 0.05) is 34.2 Å². The highest BCUT2D eigenvalue weighted by Crippen LogP contribution is 2.30. The number of amides is 4. The highest BCUT2D eigenvalue weighted by Gasteiger charge is 2.43. The number of likely N-dealkylation sites (N-methyl/N-ethyl adjacent to an activating group) is 2. The Morgan fingerprint density at radius 2 is 1.55 bits per heavy atom. The molecule has 0 aromatic heterocycles. The fourth-order valence-electron chi connectivity index (χ4n) is 7.41. The molecule has 4 N–H and O–H groups in total. The molecule has 2 rings (SSSR count). The van der Waals surface area contributed by atoms with Gasteiger partial charge in [-0.15, -0.1) is 0 Å². The number of nitrogens with one attached hydrogen (secondary N) is 3. The van der Waals surface area contributed by atoms with Gasteiger partial charge >= 0.3 is 5.97 Å². The summed E-state index contributed by atoms with van der Waals surface area (Å²) < 4.78 is 25.2. The van der Waals surface area contributed by atoms with Gasteiger partial charge in [-0.25, -0.2) is 9.18 Å². The largest absolute Gasteiger partial charge is 0.480 e. The van der Waals surface area contributed by atoms with Crippen molar-refractivity contribution < 1.29 is 42.9 Å². The number of carboxylic acids is 1. The van der Waals surface area contributed by atoms with Gasteiger partial charge in [-0.05, 0) is 55.3 Å². The zero-order valence-electron chi connectivity index (χ0n) is 33.5. The van der Waals surface area contributed by atoms with Gasteiger partial charge in [-0.2, -0.15) is 0 Å². The van der Waals surface area contributed by atoms with Crippen molar-refractivity contribution in [3.63, 3.8) is 0 Å². The number of ether oxygens (including phenoxy) is 2. The van der Waals surface area contributed by atoms with Crippen molar-refractivity contribution in [2.45, 2.75) is 123 Å². The number of carbonyl (C=O) groups excluding carboxylic acids is 4. The first-order valence-corrected chi connectivity index (χ1v) is 18.8. The van der Waals surface area contributed by atoms with E-state index in [2.05, 4.69) is 16.0 Å². The van der Waals surface area contributed by atoms with E-state index in [-0.39, 0.29) is 48.3 Å². The molecule has 4 amide bonds. The van der Waals surface area contributed by atoms with Gasteiger partial charge in [0.05, 0.1) is 42.7 Å². The Bertz CT molecular complexity index is 1360. The van der Waals surface area contributed by atoms with Crippen LogP contribution in [0.15, 0.2) is 24.3 Å². The molecule has 53 heavy (non-hydrogen) atoms. The minimum absolute atomic E-state index is 0.0105. The Morgan fingerprint density at radius 3 is 2.04 bits per heavy atom. The summed E-state index contributed by atoms with van der Waals surface area (Å²) in [7, 11) is 6.38. The van der Waals surface area contributed by atoms with Gasteiger partial charge in [0.15, 0.2) is 0 Å². The quantitative estimate of drug-likeness (QED) is 0.148. The van der Waals surface area contributed by atoms with E-state index in [0.29, 0.717) is 31.4 Å². The van der Waals surface area contributed by atoms with E-state index in [1.165, 1.54) is 38.5 Å². The zero-order chi connectivity index (χ0) is 40.2. The van der Waals surface area contributed by atoms with Gasteiger partial charge in [-0.1, -0.05) is 67.0 Å². The molecule has 0 bridgehead atoms. The third kappa shape index (κ3) is 12.2. The maximum absolute atomic E-state index is 14.1. The maximum atomic E-state index is 14.1. The summed E-state index contributed by atoms with van der Waals surface area (Å²) in [5, 5.41) is 18.4. The van der Waals surface area contributed by atoms with Crippen LogP contribution in [0.25, 0.3) is 0 Å². The van der Waals surface area contributed by atoms with Crippen LogP contribution in [0, 0.1) is 29.5 Å². The van der Waals surface area contributed by atoms with Crippen molar-refractivity contribution in [2.24, 2.45) is 23.7 Å². The van der Waals surface area contributed by atoms with Crippen LogP contribution in [-0.4, -0.2) is 122 Å². The van der Waals surface area contributed by atoms with Crippen molar-refractivity contribution in [3.8, 4) is 0 Å². The molecule has 1 aliphatic heterocycles. The molecule has 0 spiro atoms. The second-order valence-electron chi connectivity index (χ2n) is 15.1. The summed E-state index contributed by atoms with van der Waals surface area (Å²) in [4.78, 5) is 70.2. The van der Waals surface area contributed by atoms with Crippen LogP contribution in [0.5, 0.6) is 0 Å². The lowest BCUT2D eigenvalue weighted by Crippen LogP contribution is -2.59. The Balaban J connectivity index is 2.26. The van der Waals surface area contributed by atoms with Crippen LogP contribution < -0.4 is 16.0 Å². The number of halogens is 1. The normalized spacial score (nSPS) is 19.1. The standard InChI is InChI=1S/C39H64FN5O8/c1-12-24(6)34(44(9)38(49)33(23(4)5)43-37(48)32(41-8)22(2)3)30(52-10)21-31(46)45-19-13-14-29(45)35(53-11)25(7)36(47)42-28(39(50)51)20-26-15-17-27(40)18-16-26/h15-18,22-25,28-30,32-35,41H,12-14,19-21H2,1-11H3,(H,42,47)(H,43,48)(H,50,51)/t24-,25+,28?,29-,30?,32-,33-,34?,35?/m0/s1. The van der Waals surface area contributed by atoms with E-state index in [0.717, 1.165) is 0 Å². The first-order chi connectivity index (χ1) is 24.9. The summed E-state index contributed by atoms with van der Waals surface area (Å²) in [6.07, 6.45) is 0.463. The van der Waals surface area contributed by atoms with Crippen molar-refractivity contribution >= 4 is 29.6 Å². The van der Waals surface area contributed by atoms with Gasteiger partial charge in [-0.3, -0.25) is 19.2 Å². The number of nitrogens with zero attached hydrogens (tertiary/aromatic N) is 2. The topological polar surface area (TPSA) is 167 Å². The van der Waals surface area contributed by atoms with E-state index in [1.807, 2.05) is 41.5 Å². The molecule has 1 heterocycles. The number of carboxylic acid groups (broad SMARTS) is 1. The number of carbonyl (C=O) groups is 5. The fourth-order valence-corrected chi connectivity index (χ4v) is 7.41. The van der Waals surface area contributed by atoms with Crippen LogP contribution in [0.4, 0.5) is 4.39 Å². The van der Waals surface area contributed by atoms with Crippen LogP contribution in [0.3, 0.4) is 0 Å². The molecule has 9 atom stereocenters. The van der Waals surface area contributed by atoms with Gasteiger partial charge in [0.25, 0.3) is 0 Å². The van der Waals surface area contributed by atoms with E-state index in [9.17, 15) is 33.5 Å². The molecular formula is C39H64FN5O8. The number of hydrogen-bond acceptors (Lipinski definition) is 8. The maximum Gasteiger partial charge on any atom is 0.326 e. The number of methoxy groups -OCH3 is 2. The lowest BCUT2D eigenvalue weighted by Gasteiger charge is -2.41. The van der Waals surface area contributed by atoms with Crippen molar-refractivity contribution in [1.29, 1.82) is 0 Å². The average Bonchev–Trinajstić information content (AvgIpc) is 3.60. The summed E-state index contributed by atoms with van der Waals surface area (Å²) in [5.41, 5.74) is 0.552. The number of rotatable bonds is 21. The Hall–Kier alpha value is -3.62. The highest BCUT2D eigenvalue weighted by molar-refractivity contribution is 5.90. The first-order valence-electron chi connectivity index (χ1n) is 18.8. The van der Waals surface area contributed by atoms with E-state index in [4.69, 9.17) is 9.47 Å². The predicted octanol–water partition coefficient (Wildman–Crippen LogP) is 3.24. The van der Waals surface area contributed by atoms with Gasteiger partial charge in [0.1, 0.15) is 17.9 Å². The molecule has 0 saturated carbocycles. The van der Waals surface area contributed by atoms with Crippen LogP contribution in [-0.2, 0) is 39.9 Å². The van der Waals surface area contributed by atoms with E-state index >= 15 is 0 Å². The molecule has 1 aromatic rings. The molecule has 1 aromatic carbocycles. The monoisotopic (exact) mass is 749 g/mol. The third-order valence-corrected chi connectivity index (χ3v) is 10.7. The van der Waals surface area contributed by atoms with Crippen LogP contribution in [0.1, 0.15) is 79.7 Å². The number of benzene rings is 1. The van der Waals surface area contributed by atoms with Gasteiger partial charge < -0.3 is 40.3 Å². The Morgan fingerprint density at radius 1 is 0.943 bits per heavy atom. The second-order valence-corrected chi connectivity index (χ2v) is 15.1. The first kappa shape index (κ1) is 45.5. The molecule has 4 unspecified atom stereocenters. The predicted molar refractivity (Wildman–Crippen MR) is 200 cm³/mol. The fraction of sp³-hybridized carbons (Fsp3) is 0.718. The lowest BCUT2D eigenvalue weighted by atomic mass is 9.89. The summed E-state index contributed by atoms with van der Waals surface area (Å²) in [6, 6.07) is 1.93. The molecule has 1 fully saturated rings. The summed E-state index contributed by atoms with van der Waals surface area (Å²) >= 11 is 0. The number of hydrogen-bond donors (Lipinski definition) is 4. The lowest BCUT2D eigenvalue weighted by molar-refractivity contribution is -0.148. The van der Waals surface area contributed by atoms with Crippen molar-refractivity contribution in [3.05, 3.63) is 35.6 Å². The molecule has 0 aliphatic carbocycles. The minimum atomic E-state index is -1.25. The van der Waals surface area contributed by atoms with Crippen molar-refractivity contribution in [1.82, 2.24) is 25.8 Å². The third-order valence-electron chi connectivity index (χ3n) is 10.7. The average molecular weight is 750 g/mol. The molecule has 0 radical (unpaired) electrons. The summed E-state index contributed by atoms with van der Waals surface area (Å²) in [6.45, 7) is 13.7. The molecule has 1 saturated heterocycles. The van der Waals surface area contributed by atoms with Crippen LogP contribution in [0.2, 0.25) is 0 Å². The molecule has 14 heteroatoms. The zero-order valence-corrected chi connectivity index (χ0v) is 33.5. The Kier molecular flexibility index (Phi) is 18.3. The molecular weight excluding hydrogens is 685 g/mol. The van der Waals surface area contributed by atoms with E-state index in [1.54, 1.807) is 30.8 Å². The second kappa shape index (κ2) is 21.3. The molecule has 300 valence electrons. The molecule has 13 nitrogen and oxygen atoms in total. The van der Waals surface area contributed by atoms with E-state index < -0.39 is 66.0 Å².